The van der Waals surface area contributed by atoms with E-state index in [1.807, 2.05) is 0 Å². The highest BCUT2D eigenvalue weighted by Crippen LogP contribution is 2.24. The molecule has 0 spiro atoms. The molecule has 0 radical (unpaired) electrons. The molecule has 1 amide bonds. The van der Waals surface area contributed by atoms with Crippen LogP contribution in [0.5, 0.6) is 0 Å². The summed E-state index contributed by atoms with van der Waals surface area (Å²) in [5.74, 6) is -0.111. The highest BCUT2D eigenvalue weighted by Gasteiger charge is 2.40. The third-order valence-corrected chi connectivity index (χ3v) is 3.06. The zero-order chi connectivity index (χ0) is 9.73. The quantitative estimate of drug-likeness (QED) is 0.527. The van der Waals surface area contributed by atoms with Crippen LogP contribution in [0.1, 0.15) is 45.4 Å². The Morgan fingerprint density at radius 1 is 1.36 bits per heavy atom. The molecule has 0 unspecified atom stereocenters. The molecule has 0 aliphatic heterocycles. The topological polar surface area (TPSA) is 59.7 Å². The molecule has 0 atom stereocenters. The molecular formula is C10H21ClN2O. The maximum Gasteiger partial charge on any atom is 0.278 e. The summed E-state index contributed by atoms with van der Waals surface area (Å²) < 4.78 is 0. The molecule has 14 heavy (non-hydrogen) atoms. The minimum atomic E-state index is -0.256. The number of carbonyl (C=O) groups excluding carboxylic acids is 1. The molecule has 1 saturated carbocycles. The van der Waals surface area contributed by atoms with Gasteiger partial charge in [-0.1, -0.05) is 13.3 Å². The van der Waals surface area contributed by atoms with Gasteiger partial charge in [-0.05, 0) is 19.3 Å². The Morgan fingerprint density at radius 2 is 1.93 bits per heavy atom. The van der Waals surface area contributed by atoms with Crippen molar-refractivity contribution in [2.75, 3.05) is 6.54 Å². The lowest BCUT2D eigenvalue weighted by molar-refractivity contribution is -0.715. The Morgan fingerprint density at radius 3 is 2.36 bits per heavy atom. The van der Waals surface area contributed by atoms with Crippen LogP contribution >= 0.6 is 0 Å². The van der Waals surface area contributed by atoms with Crippen LogP contribution < -0.4 is 23.5 Å². The van der Waals surface area contributed by atoms with Crippen LogP contribution in [0, 0.1) is 0 Å². The second kappa shape index (κ2) is 6.25. The predicted molar refractivity (Wildman–Crippen MR) is 52.1 cm³/mol. The number of hydrogen-bond acceptors (Lipinski definition) is 1. The number of rotatable bonds is 4. The fourth-order valence-electron chi connectivity index (χ4n) is 2.15. The average Bonchev–Trinajstić information content (AvgIpc) is 2.16. The summed E-state index contributed by atoms with van der Waals surface area (Å²) in [6, 6.07) is 0. The number of quaternary nitrogens is 1. The number of halogens is 1. The van der Waals surface area contributed by atoms with E-state index in [0.717, 1.165) is 38.6 Å². The van der Waals surface area contributed by atoms with Crippen molar-refractivity contribution in [3.8, 4) is 0 Å². The Bertz CT molecular complexity index is 179. The summed E-state index contributed by atoms with van der Waals surface area (Å²) in [6.45, 7) is 3.15. The smallest absolute Gasteiger partial charge is 0.278 e. The molecule has 4 heteroatoms. The van der Waals surface area contributed by atoms with Crippen molar-refractivity contribution >= 4 is 5.91 Å². The molecule has 4 N–H and O–H groups in total. The maximum atomic E-state index is 11.4. The van der Waals surface area contributed by atoms with E-state index in [1.165, 1.54) is 6.42 Å². The molecule has 1 aliphatic rings. The number of carbonyl (C=O) groups is 1. The second-order valence-electron chi connectivity index (χ2n) is 4.07. The third-order valence-electron chi connectivity index (χ3n) is 3.06. The summed E-state index contributed by atoms with van der Waals surface area (Å²) >= 11 is 0. The minimum Gasteiger partial charge on any atom is -1.00 e. The molecule has 0 bridgehead atoms. The number of amides is 1. The Hall–Kier alpha value is -0.280. The van der Waals surface area contributed by atoms with Gasteiger partial charge in [-0.2, -0.15) is 0 Å². The number of primary amides is 1. The van der Waals surface area contributed by atoms with Crippen LogP contribution in [0.4, 0.5) is 0 Å². The molecule has 0 aromatic rings. The van der Waals surface area contributed by atoms with Crippen molar-refractivity contribution in [1.82, 2.24) is 0 Å². The van der Waals surface area contributed by atoms with Crippen molar-refractivity contribution in [3.63, 3.8) is 0 Å². The van der Waals surface area contributed by atoms with Gasteiger partial charge in [0.15, 0.2) is 5.54 Å². The fraction of sp³-hybridized carbons (Fsp3) is 0.900. The van der Waals surface area contributed by atoms with Crippen LogP contribution in [0.2, 0.25) is 0 Å². The zero-order valence-electron chi connectivity index (χ0n) is 8.89. The lowest BCUT2D eigenvalue weighted by Gasteiger charge is -2.31. The molecule has 0 heterocycles. The lowest BCUT2D eigenvalue weighted by atomic mass is 9.81. The summed E-state index contributed by atoms with van der Waals surface area (Å²) in [4.78, 5) is 11.4. The first-order chi connectivity index (χ1) is 6.21. The first kappa shape index (κ1) is 13.7. The second-order valence-corrected chi connectivity index (χ2v) is 4.07. The van der Waals surface area contributed by atoms with E-state index in [0.29, 0.717) is 0 Å². The van der Waals surface area contributed by atoms with Crippen LogP contribution in [-0.2, 0) is 4.79 Å². The normalized spacial score (nSPS) is 19.8. The molecule has 0 aromatic heterocycles. The average molecular weight is 221 g/mol. The molecule has 84 valence electrons. The third kappa shape index (κ3) is 3.14. The van der Waals surface area contributed by atoms with E-state index < -0.39 is 0 Å². The van der Waals surface area contributed by atoms with Crippen molar-refractivity contribution in [2.24, 2.45) is 5.73 Å². The highest BCUT2D eigenvalue weighted by atomic mass is 35.5. The van der Waals surface area contributed by atoms with Crippen molar-refractivity contribution in [2.45, 2.75) is 51.0 Å². The molecule has 3 nitrogen and oxygen atoms in total. The summed E-state index contributed by atoms with van der Waals surface area (Å²) in [5, 5.41) is 2.16. The molecular weight excluding hydrogens is 200 g/mol. The molecule has 1 aliphatic carbocycles. The van der Waals surface area contributed by atoms with Crippen molar-refractivity contribution in [3.05, 3.63) is 0 Å². The van der Waals surface area contributed by atoms with Gasteiger partial charge < -0.3 is 23.5 Å². The molecule has 1 fully saturated rings. The maximum absolute atomic E-state index is 11.4. The lowest BCUT2D eigenvalue weighted by Crippen LogP contribution is -3.00. The van der Waals surface area contributed by atoms with E-state index in [-0.39, 0.29) is 23.9 Å². The van der Waals surface area contributed by atoms with Crippen molar-refractivity contribution < 1.29 is 22.5 Å². The zero-order valence-corrected chi connectivity index (χ0v) is 9.65. The van der Waals surface area contributed by atoms with Crippen LogP contribution in [0.25, 0.3) is 0 Å². The largest absolute Gasteiger partial charge is 1.00 e. The van der Waals surface area contributed by atoms with Gasteiger partial charge in [0.2, 0.25) is 0 Å². The van der Waals surface area contributed by atoms with Crippen LogP contribution in [0.3, 0.4) is 0 Å². The summed E-state index contributed by atoms with van der Waals surface area (Å²) in [6.07, 6.45) is 6.63. The highest BCUT2D eigenvalue weighted by molar-refractivity contribution is 5.82. The van der Waals surface area contributed by atoms with E-state index in [2.05, 4.69) is 12.2 Å². The summed E-state index contributed by atoms with van der Waals surface area (Å²) in [7, 11) is 0. The van der Waals surface area contributed by atoms with Gasteiger partial charge in [-0.25, -0.2) is 0 Å². The van der Waals surface area contributed by atoms with E-state index in [9.17, 15) is 4.79 Å². The van der Waals surface area contributed by atoms with E-state index in [1.54, 1.807) is 0 Å². The molecule has 0 saturated heterocycles. The first-order valence-electron chi connectivity index (χ1n) is 5.35. The van der Waals surface area contributed by atoms with Gasteiger partial charge in [0.1, 0.15) is 0 Å². The van der Waals surface area contributed by atoms with Gasteiger partial charge >= 0.3 is 0 Å². The van der Waals surface area contributed by atoms with Crippen LogP contribution in [0.15, 0.2) is 0 Å². The Balaban J connectivity index is 0.00000169. The van der Waals surface area contributed by atoms with E-state index >= 15 is 0 Å². The first-order valence-corrected chi connectivity index (χ1v) is 5.35. The summed E-state index contributed by atoms with van der Waals surface area (Å²) in [5.41, 5.74) is 5.22. The molecule has 0 aromatic carbocycles. The van der Waals surface area contributed by atoms with Gasteiger partial charge in [0.25, 0.3) is 5.91 Å². The van der Waals surface area contributed by atoms with Gasteiger partial charge in [0.05, 0.1) is 6.54 Å². The predicted octanol–water partition coefficient (Wildman–Crippen LogP) is -2.85. The van der Waals surface area contributed by atoms with Gasteiger partial charge in [0, 0.05) is 12.8 Å². The van der Waals surface area contributed by atoms with E-state index in [4.69, 9.17) is 5.73 Å². The Labute approximate surface area is 92.2 Å². The standard InChI is InChI=1S/C10H20N2O.ClH/c1-2-8-12-10(9(11)13)6-4-3-5-7-10;/h12H,2-8H2,1H3,(H2,11,13);1H. The van der Waals surface area contributed by atoms with Crippen LogP contribution in [-0.4, -0.2) is 18.0 Å². The number of nitrogens with two attached hydrogens (primary N) is 2. The SMILES string of the molecule is CCC[NH2+]C1(C(N)=O)CCCCC1.[Cl-]. The van der Waals surface area contributed by atoms with Gasteiger partial charge in [-0.3, -0.25) is 4.79 Å². The number of hydrogen-bond donors (Lipinski definition) is 2. The van der Waals surface area contributed by atoms with Crippen molar-refractivity contribution in [1.29, 1.82) is 0 Å². The minimum absolute atomic E-state index is 0. The monoisotopic (exact) mass is 220 g/mol. The van der Waals surface area contributed by atoms with Gasteiger partial charge in [-0.15, -0.1) is 0 Å². The Kier molecular flexibility index (Phi) is 6.12. The molecule has 1 rings (SSSR count). The fourth-order valence-corrected chi connectivity index (χ4v) is 2.15.